The largest absolute Gasteiger partial charge is 0.494 e. The number of hydrogen-bond acceptors (Lipinski definition) is 3. The Hall–Kier alpha value is -0.740. The summed E-state index contributed by atoms with van der Waals surface area (Å²) in [6, 6.07) is 5.50. The van der Waals surface area contributed by atoms with Gasteiger partial charge >= 0.3 is 0 Å². The average molecular weight is 283 g/mol. The van der Waals surface area contributed by atoms with Crippen LogP contribution in [0.1, 0.15) is 30.9 Å². The molecule has 2 nitrogen and oxygen atoms in total. The number of ether oxygens (including phenoxy) is 1. The number of thioether (sulfide) groups is 1. The predicted octanol–water partition coefficient (Wildman–Crippen LogP) is 3.63. The maximum atomic E-state index is 13.8. The molecular formula is C15H22FNOS. The molecule has 1 aromatic carbocycles. The smallest absolute Gasteiger partial charge is 0.165 e. The van der Waals surface area contributed by atoms with E-state index < -0.39 is 0 Å². The summed E-state index contributed by atoms with van der Waals surface area (Å²) in [5.41, 5.74) is 1.01. The van der Waals surface area contributed by atoms with Gasteiger partial charge in [-0.05, 0) is 61.4 Å². The van der Waals surface area contributed by atoms with E-state index in [9.17, 15) is 4.39 Å². The van der Waals surface area contributed by atoms with Crippen LogP contribution in [0.5, 0.6) is 5.75 Å². The SMILES string of the molecule is CNC(CC1CCSCC1)c1ccc(OC)c(F)c1. The molecule has 19 heavy (non-hydrogen) atoms. The molecule has 1 aliphatic rings. The Kier molecular flexibility index (Phi) is 5.52. The Balaban J connectivity index is 2.05. The Labute approximate surface area is 119 Å². The van der Waals surface area contributed by atoms with Crippen LogP contribution in [-0.2, 0) is 0 Å². The van der Waals surface area contributed by atoms with Crippen LogP contribution in [0.2, 0.25) is 0 Å². The van der Waals surface area contributed by atoms with Gasteiger partial charge in [-0.3, -0.25) is 0 Å². The number of nitrogens with one attached hydrogen (secondary N) is 1. The summed E-state index contributed by atoms with van der Waals surface area (Å²) < 4.78 is 18.7. The molecule has 0 aliphatic carbocycles. The second-order valence-electron chi connectivity index (χ2n) is 5.03. The van der Waals surface area contributed by atoms with Gasteiger partial charge < -0.3 is 10.1 Å². The first-order valence-corrected chi connectivity index (χ1v) is 7.98. The lowest BCUT2D eigenvalue weighted by atomic mass is 9.91. The van der Waals surface area contributed by atoms with E-state index in [0.29, 0.717) is 5.75 Å². The highest BCUT2D eigenvalue weighted by Crippen LogP contribution is 2.32. The van der Waals surface area contributed by atoms with Crippen LogP contribution in [0, 0.1) is 11.7 Å². The van der Waals surface area contributed by atoms with Crippen LogP contribution in [0.15, 0.2) is 18.2 Å². The minimum atomic E-state index is -0.278. The molecule has 1 aliphatic heterocycles. The van der Waals surface area contributed by atoms with E-state index in [2.05, 4.69) is 5.32 Å². The molecule has 106 valence electrons. The van der Waals surface area contributed by atoms with Gasteiger partial charge in [0.05, 0.1) is 7.11 Å². The molecule has 0 spiro atoms. The molecule has 1 unspecified atom stereocenters. The van der Waals surface area contributed by atoms with Crippen LogP contribution >= 0.6 is 11.8 Å². The Morgan fingerprint density at radius 1 is 1.42 bits per heavy atom. The fourth-order valence-corrected chi connectivity index (χ4v) is 3.84. The number of rotatable bonds is 5. The highest BCUT2D eigenvalue weighted by molar-refractivity contribution is 7.99. The van der Waals surface area contributed by atoms with Crippen molar-refractivity contribution >= 4 is 11.8 Å². The fraction of sp³-hybridized carbons (Fsp3) is 0.600. The van der Waals surface area contributed by atoms with Gasteiger partial charge in [-0.15, -0.1) is 0 Å². The predicted molar refractivity (Wildman–Crippen MR) is 79.4 cm³/mol. The van der Waals surface area contributed by atoms with E-state index in [1.807, 2.05) is 24.9 Å². The summed E-state index contributed by atoms with van der Waals surface area (Å²) >= 11 is 2.04. The zero-order valence-electron chi connectivity index (χ0n) is 11.6. The lowest BCUT2D eigenvalue weighted by Gasteiger charge is -2.26. The summed E-state index contributed by atoms with van der Waals surface area (Å²) in [5.74, 6) is 3.31. The number of methoxy groups -OCH3 is 1. The van der Waals surface area contributed by atoms with E-state index in [1.54, 1.807) is 12.1 Å². The van der Waals surface area contributed by atoms with E-state index in [4.69, 9.17) is 4.74 Å². The molecule has 0 amide bonds. The third kappa shape index (κ3) is 3.86. The Morgan fingerprint density at radius 2 is 2.16 bits per heavy atom. The quantitative estimate of drug-likeness (QED) is 0.891. The van der Waals surface area contributed by atoms with Gasteiger partial charge in [0.15, 0.2) is 11.6 Å². The van der Waals surface area contributed by atoms with Gasteiger partial charge in [0.25, 0.3) is 0 Å². The van der Waals surface area contributed by atoms with E-state index in [0.717, 1.165) is 17.9 Å². The molecule has 1 saturated heterocycles. The number of benzene rings is 1. The van der Waals surface area contributed by atoms with Crippen LogP contribution in [0.25, 0.3) is 0 Å². The Morgan fingerprint density at radius 3 is 2.74 bits per heavy atom. The van der Waals surface area contributed by atoms with Crippen molar-refractivity contribution in [2.75, 3.05) is 25.7 Å². The van der Waals surface area contributed by atoms with Crippen LogP contribution in [0.4, 0.5) is 4.39 Å². The summed E-state index contributed by atoms with van der Waals surface area (Å²) in [6.45, 7) is 0. The first kappa shape index (κ1) is 14.7. The van der Waals surface area contributed by atoms with E-state index in [1.165, 1.54) is 31.5 Å². The molecule has 0 bridgehead atoms. The summed E-state index contributed by atoms with van der Waals surface area (Å²) in [4.78, 5) is 0. The lowest BCUT2D eigenvalue weighted by molar-refractivity contribution is 0.375. The van der Waals surface area contributed by atoms with Crippen molar-refractivity contribution in [3.63, 3.8) is 0 Å². The molecule has 1 atom stereocenters. The number of halogens is 1. The van der Waals surface area contributed by atoms with Crippen molar-refractivity contribution in [3.05, 3.63) is 29.6 Å². The van der Waals surface area contributed by atoms with Gasteiger partial charge in [-0.1, -0.05) is 6.07 Å². The maximum Gasteiger partial charge on any atom is 0.165 e. The lowest BCUT2D eigenvalue weighted by Crippen LogP contribution is -2.22. The van der Waals surface area contributed by atoms with Gasteiger partial charge in [-0.25, -0.2) is 4.39 Å². The van der Waals surface area contributed by atoms with Crippen molar-refractivity contribution in [2.45, 2.75) is 25.3 Å². The molecule has 0 aromatic heterocycles. The van der Waals surface area contributed by atoms with Crippen molar-refractivity contribution < 1.29 is 9.13 Å². The average Bonchev–Trinajstić information content (AvgIpc) is 2.46. The van der Waals surface area contributed by atoms with Gasteiger partial charge in [0, 0.05) is 6.04 Å². The molecule has 1 heterocycles. The molecule has 4 heteroatoms. The normalized spacial score (nSPS) is 18.3. The van der Waals surface area contributed by atoms with Crippen LogP contribution in [-0.4, -0.2) is 25.7 Å². The summed E-state index contributed by atoms with van der Waals surface area (Å²) in [5, 5.41) is 3.32. The molecule has 1 fully saturated rings. The van der Waals surface area contributed by atoms with Crippen molar-refractivity contribution in [1.29, 1.82) is 0 Å². The summed E-state index contributed by atoms with van der Waals surface area (Å²) in [6.07, 6.45) is 3.64. The van der Waals surface area contributed by atoms with Crippen molar-refractivity contribution in [1.82, 2.24) is 5.32 Å². The molecule has 2 rings (SSSR count). The Bertz CT molecular complexity index is 407. The van der Waals surface area contributed by atoms with Crippen molar-refractivity contribution in [2.24, 2.45) is 5.92 Å². The molecule has 1 N–H and O–H groups in total. The maximum absolute atomic E-state index is 13.8. The first-order chi connectivity index (χ1) is 9.24. The highest BCUT2D eigenvalue weighted by atomic mass is 32.2. The standard InChI is InChI=1S/C15H22FNOS/c1-17-14(9-11-5-7-19-8-6-11)12-3-4-15(18-2)13(16)10-12/h3-4,10-11,14,17H,5-9H2,1-2H3. The van der Waals surface area contributed by atoms with Crippen LogP contribution in [0.3, 0.4) is 0 Å². The second kappa shape index (κ2) is 7.15. The van der Waals surface area contributed by atoms with Gasteiger partial charge in [-0.2, -0.15) is 11.8 Å². The van der Waals surface area contributed by atoms with Gasteiger partial charge in [0.1, 0.15) is 0 Å². The highest BCUT2D eigenvalue weighted by Gasteiger charge is 2.20. The number of hydrogen-bond donors (Lipinski definition) is 1. The minimum Gasteiger partial charge on any atom is -0.494 e. The zero-order valence-corrected chi connectivity index (χ0v) is 12.4. The van der Waals surface area contributed by atoms with E-state index in [-0.39, 0.29) is 11.9 Å². The molecule has 1 aromatic rings. The second-order valence-corrected chi connectivity index (χ2v) is 6.25. The molecule has 0 radical (unpaired) electrons. The fourth-order valence-electron chi connectivity index (χ4n) is 2.64. The minimum absolute atomic E-state index is 0.230. The van der Waals surface area contributed by atoms with Gasteiger partial charge in [0.2, 0.25) is 0 Å². The third-order valence-corrected chi connectivity index (χ3v) is 4.89. The monoisotopic (exact) mass is 283 g/mol. The molecular weight excluding hydrogens is 261 g/mol. The molecule has 0 saturated carbocycles. The third-order valence-electron chi connectivity index (χ3n) is 3.84. The topological polar surface area (TPSA) is 21.3 Å². The first-order valence-electron chi connectivity index (χ1n) is 6.83. The summed E-state index contributed by atoms with van der Waals surface area (Å²) in [7, 11) is 3.44. The van der Waals surface area contributed by atoms with E-state index >= 15 is 0 Å². The zero-order chi connectivity index (χ0) is 13.7. The van der Waals surface area contributed by atoms with Crippen LogP contribution < -0.4 is 10.1 Å². The van der Waals surface area contributed by atoms with Crippen molar-refractivity contribution in [3.8, 4) is 5.75 Å².